The van der Waals surface area contributed by atoms with Crippen LogP contribution >= 0.6 is 7.82 Å². The molecule has 14 heteroatoms. The number of phosphoric ester groups is 1. The molecule has 0 aromatic carbocycles. The average molecular weight is 435 g/mol. The number of imidazole rings is 1. The Morgan fingerprint density at radius 2 is 2.14 bits per heavy atom. The smallest absolute Gasteiger partial charge is 0.475 e. The highest BCUT2D eigenvalue weighted by Crippen LogP contribution is 2.63. The van der Waals surface area contributed by atoms with Gasteiger partial charge in [0.25, 0.3) is 5.85 Å². The molecule has 29 heavy (non-hydrogen) atoms. The average Bonchev–Trinajstić information content (AvgIpc) is 3.14. The zero-order valence-corrected chi connectivity index (χ0v) is 16.8. The number of phosphoric acid groups is 1. The molecule has 2 aromatic heterocycles. The fourth-order valence-electron chi connectivity index (χ4n) is 3.40. The number of ether oxygens (including phenoxy) is 2. The van der Waals surface area contributed by atoms with Crippen LogP contribution in [0.2, 0.25) is 0 Å². The Labute approximate surface area is 164 Å². The minimum atomic E-state index is -4.13. The lowest BCUT2D eigenvalue weighted by atomic mass is 9.97. The van der Waals surface area contributed by atoms with Gasteiger partial charge >= 0.3 is 7.82 Å². The summed E-state index contributed by atoms with van der Waals surface area (Å²) < 4.78 is 70.4. The maximum Gasteiger partial charge on any atom is 0.475 e. The van der Waals surface area contributed by atoms with Gasteiger partial charge in [0, 0.05) is 0 Å². The van der Waals surface area contributed by atoms with Crippen molar-refractivity contribution in [3.63, 3.8) is 0 Å². The molecule has 2 N–H and O–H groups in total. The van der Waals surface area contributed by atoms with Crippen molar-refractivity contribution in [1.29, 1.82) is 0 Å². The van der Waals surface area contributed by atoms with Crippen LogP contribution in [0.4, 0.5) is 14.7 Å². The maximum absolute atomic E-state index is 15.8. The van der Waals surface area contributed by atoms with Crippen LogP contribution in [0.3, 0.4) is 0 Å². The summed E-state index contributed by atoms with van der Waals surface area (Å²) in [5, 5.41) is 0. The number of nitrogens with two attached hydrogens (primary N) is 1. The first kappa shape index (κ1) is 20.4. The van der Waals surface area contributed by atoms with E-state index in [9.17, 15) is 4.57 Å². The molecule has 0 amide bonds. The largest absolute Gasteiger partial charge is 0.476 e. The van der Waals surface area contributed by atoms with Crippen molar-refractivity contribution < 1.29 is 36.4 Å². The molecule has 2 saturated heterocycles. The molecule has 0 bridgehead atoms. The maximum atomic E-state index is 15.8. The van der Waals surface area contributed by atoms with Crippen LogP contribution in [0.15, 0.2) is 6.33 Å². The quantitative estimate of drug-likeness (QED) is 0.698. The monoisotopic (exact) mass is 435 g/mol. The van der Waals surface area contributed by atoms with Gasteiger partial charge in [-0.15, -0.1) is 0 Å². The summed E-state index contributed by atoms with van der Waals surface area (Å²) in [5.41, 5.74) is 3.49. The standard InChI is InChI=1S/C15H20F2N5O6P/c1-4-24-10-8-9(20-13(18)21-10)22(7-19-8)12-14(3,16)11-15(17,27-12)6-26-29(23,28-11)25-5-2/h7,11-12H,4-6H2,1-3H3,(H2,18,20,21). The second-order valence-electron chi connectivity index (χ2n) is 6.68. The van der Waals surface area contributed by atoms with E-state index in [0.717, 1.165) is 11.5 Å². The summed E-state index contributed by atoms with van der Waals surface area (Å²) in [6, 6.07) is 0. The predicted molar refractivity (Wildman–Crippen MR) is 94.4 cm³/mol. The highest BCUT2D eigenvalue weighted by molar-refractivity contribution is 7.48. The summed E-state index contributed by atoms with van der Waals surface area (Å²) >= 11 is 0. The normalized spacial score (nSPS) is 37.0. The number of hydrogen-bond donors (Lipinski definition) is 1. The first-order valence-electron chi connectivity index (χ1n) is 8.89. The van der Waals surface area contributed by atoms with E-state index in [2.05, 4.69) is 15.0 Å². The zero-order valence-electron chi connectivity index (χ0n) is 15.9. The number of alkyl halides is 2. The third kappa shape index (κ3) is 3.17. The summed E-state index contributed by atoms with van der Waals surface area (Å²) in [6.07, 6.45) is -2.26. The molecule has 2 fully saturated rings. The lowest BCUT2D eigenvalue weighted by Gasteiger charge is -2.36. The van der Waals surface area contributed by atoms with E-state index in [4.69, 9.17) is 28.8 Å². The first-order chi connectivity index (χ1) is 13.6. The topological polar surface area (TPSA) is 133 Å². The van der Waals surface area contributed by atoms with Gasteiger partial charge in [-0.1, -0.05) is 0 Å². The van der Waals surface area contributed by atoms with E-state index in [0.29, 0.717) is 0 Å². The molecule has 5 atom stereocenters. The van der Waals surface area contributed by atoms with Crippen LogP contribution in [0.5, 0.6) is 5.88 Å². The van der Waals surface area contributed by atoms with Crippen molar-refractivity contribution in [2.45, 2.75) is 44.6 Å². The molecule has 2 aliphatic heterocycles. The van der Waals surface area contributed by atoms with Crippen LogP contribution in [-0.2, 0) is 22.9 Å². The van der Waals surface area contributed by atoms with E-state index in [-0.39, 0.29) is 36.2 Å². The Morgan fingerprint density at radius 1 is 1.38 bits per heavy atom. The molecule has 4 heterocycles. The summed E-state index contributed by atoms with van der Waals surface area (Å²) in [5.74, 6) is -2.76. The lowest BCUT2D eigenvalue weighted by molar-refractivity contribution is -0.219. The summed E-state index contributed by atoms with van der Waals surface area (Å²) in [4.78, 5) is 12.1. The van der Waals surface area contributed by atoms with Crippen molar-refractivity contribution in [1.82, 2.24) is 19.5 Å². The SMILES string of the molecule is CCOc1nc(N)nc2c1ncn2C1OC2(F)COP(=O)(OCC)OC2C1(C)F. The second-order valence-corrected chi connectivity index (χ2v) is 8.30. The molecular weight excluding hydrogens is 415 g/mol. The Kier molecular flexibility index (Phi) is 4.78. The van der Waals surface area contributed by atoms with Gasteiger partial charge in [-0.25, -0.2) is 18.3 Å². The van der Waals surface area contributed by atoms with Crippen molar-refractivity contribution in [2.24, 2.45) is 0 Å². The molecule has 0 spiro atoms. The van der Waals surface area contributed by atoms with E-state index < -0.39 is 38.3 Å². The van der Waals surface area contributed by atoms with Crippen molar-refractivity contribution in [3.8, 4) is 5.88 Å². The number of nitrogens with zero attached hydrogens (tertiary/aromatic N) is 4. The van der Waals surface area contributed by atoms with Gasteiger partial charge in [-0.05, 0) is 20.8 Å². The third-order valence-corrected chi connectivity index (χ3v) is 6.07. The molecule has 11 nitrogen and oxygen atoms in total. The van der Waals surface area contributed by atoms with Crippen LogP contribution < -0.4 is 10.5 Å². The van der Waals surface area contributed by atoms with Gasteiger partial charge in [-0.2, -0.15) is 9.97 Å². The number of anilines is 1. The second kappa shape index (κ2) is 6.81. The molecule has 2 aromatic rings. The summed E-state index contributed by atoms with van der Waals surface area (Å²) in [7, 11) is -4.13. The molecule has 0 radical (unpaired) electrons. The van der Waals surface area contributed by atoms with E-state index in [1.165, 1.54) is 6.33 Å². The number of nitrogen functional groups attached to an aromatic ring is 1. The van der Waals surface area contributed by atoms with E-state index in [1.807, 2.05) is 0 Å². The molecule has 5 unspecified atom stereocenters. The van der Waals surface area contributed by atoms with E-state index >= 15 is 8.78 Å². The van der Waals surface area contributed by atoms with Gasteiger partial charge < -0.3 is 15.2 Å². The number of rotatable bonds is 5. The number of fused-ring (bicyclic) bond motifs is 2. The first-order valence-corrected chi connectivity index (χ1v) is 10.4. The van der Waals surface area contributed by atoms with Crippen LogP contribution in [-0.4, -0.2) is 57.0 Å². The third-order valence-electron chi connectivity index (χ3n) is 4.58. The molecule has 2 aliphatic rings. The molecule has 160 valence electrons. The Morgan fingerprint density at radius 3 is 2.83 bits per heavy atom. The Balaban J connectivity index is 1.76. The predicted octanol–water partition coefficient (Wildman–Crippen LogP) is 2.29. The Bertz CT molecular complexity index is 990. The van der Waals surface area contributed by atoms with Crippen LogP contribution in [0, 0.1) is 0 Å². The molecule has 0 saturated carbocycles. The molecular formula is C15H20F2N5O6P. The highest BCUT2D eigenvalue weighted by Gasteiger charge is 2.70. The minimum Gasteiger partial charge on any atom is -0.476 e. The Hall–Kier alpha value is -1.92. The summed E-state index contributed by atoms with van der Waals surface area (Å²) in [6.45, 7) is 3.77. The van der Waals surface area contributed by atoms with Gasteiger partial charge in [0.1, 0.15) is 6.61 Å². The lowest BCUT2D eigenvalue weighted by Crippen LogP contribution is -2.50. The van der Waals surface area contributed by atoms with Crippen molar-refractivity contribution in [3.05, 3.63) is 6.33 Å². The minimum absolute atomic E-state index is 0.0286. The van der Waals surface area contributed by atoms with Gasteiger partial charge in [-0.3, -0.25) is 18.1 Å². The number of hydrogen-bond acceptors (Lipinski definition) is 10. The van der Waals surface area contributed by atoms with Crippen molar-refractivity contribution >= 4 is 24.9 Å². The van der Waals surface area contributed by atoms with Gasteiger partial charge in [0.15, 0.2) is 29.2 Å². The highest BCUT2D eigenvalue weighted by atomic mass is 31.2. The fraction of sp³-hybridized carbons (Fsp3) is 0.667. The van der Waals surface area contributed by atoms with Gasteiger partial charge in [0.05, 0.1) is 19.5 Å². The van der Waals surface area contributed by atoms with E-state index in [1.54, 1.807) is 13.8 Å². The zero-order chi connectivity index (χ0) is 21.0. The molecule has 4 rings (SSSR count). The van der Waals surface area contributed by atoms with Crippen LogP contribution in [0.25, 0.3) is 11.2 Å². The van der Waals surface area contributed by atoms with Crippen LogP contribution in [0.1, 0.15) is 27.0 Å². The molecule has 0 aliphatic carbocycles. The van der Waals surface area contributed by atoms with Gasteiger partial charge in [0.2, 0.25) is 11.8 Å². The number of aromatic nitrogens is 4. The number of halogens is 2. The van der Waals surface area contributed by atoms with Crippen molar-refractivity contribution in [2.75, 3.05) is 25.6 Å². The fourth-order valence-corrected chi connectivity index (χ4v) is 4.87.